The SMILES string of the molecule is CC(N)CSCC(=O)N1CCC(C(=O)NN)CC1. The molecule has 2 amide bonds. The monoisotopic (exact) mass is 274 g/mol. The van der Waals surface area contributed by atoms with E-state index in [4.69, 9.17) is 11.6 Å². The Kier molecular flexibility index (Phi) is 6.45. The first kappa shape index (κ1) is 15.3. The lowest BCUT2D eigenvalue weighted by molar-refractivity contribution is -0.133. The summed E-state index contributed by atoms with van der Waals surface area (Å²) in [7, 11) is 0. The smallest absolute Gasteiger partial charge is 0.237 e. The van der Waals surface area contributed by atoms with Gasteiger partial charge in [0.25, 0.3) is 0 Å². The molecule has 18 heavy (non-hydrogen) atoms. The van der Waals surface area contributed by atoms with E-state index in [0.717, 1.165) is 5.75 Å². The quantitative estimate of drug-likeness (QED) is 0.349. The molecule has 0 spiro atoms. The number of nitrogens with two attached hydrogens (primary N) is 2. The van der Waals surface area contributed by atoms with Crippen LogP contribution in [-0.4, -0.2) is 47.4 Å². The minimum Gasteiger partial charge on any atom is -0.342 e. The van der Waals surface area contributed by atoms with Gasteiger partial charge in [0.1, 0.15) is 0 Å². The average Bonchev–Trinajstić information content (AvgIpc) is 2.37. The second-order valence-corrected chi connectivity index (χ2v) is 5.69. The summed E-state index contributed by atoms with van der Waals surface area (Å²) in [6.07, 6.45) is 1.37. The summed E-state index contributed by atoms with van der Waals surface area (Å²) >= 11 is 1.56. The second kappa shape index (κ2) is 7.60. The fourth-order valence-corrected chi connectivity index (χ4v) is 2.78. The van der Waals surface area contributed by atoms with Crippen molar-refractivity contribution in [2.75, 3.05) is 24.6 Å². The molecule has 0 saturated carbocycles. The topological polar surface area (TPSA) is 101 Å². The molecule has 1 rings (SSSR count). The van der Waals surface area contributed by atoms with Gasteiger partial charge in [0.05, 0.1) is 5.75 Å². The van der Waals surface area contributed by atoms with Gasteiger partial charge in [0, 0.05) is 30.8 Å². The first-order chi connectivity index (χ1) is 8.54. The summed E-state index contributed by atoms with van der Waals surface area (Å²) < 4.78 is 0. The average molecular weight is 274 g/mol. The number of carbonyl (C=O) groups excluding carboxylic acids is 2. The first-order valence-electron chi connectivity index (χ1n) is 6.16. The summed E-state index contributed by atoms with van der Waals surface area (Å²) in [5.41, 5.74) is 7.79. The molecule has 1 saturated heterocycles. The number of rotatable bonds is 5. The molecule has 0 aromatic heterocycles. The predicted octanol–water partition coefficient (Wildman–Crippen LogP) is -0.705. The van der Waals surface area contributed by atoms with Crippen LogP contribution in [0.4, 0.5) is 0 Å². The fraction of sp³-hybridized carbons (Fsp3) is 0.818. The molecule has 1 aliphatic heterocycles. The van der Waals surface area contributed by atoms with E-state index < -0.39 is 0 Å². The number of nitrogens with zero attached hydrogens (tertiary/aromatic N) is 1. The highest BCUT2D eigenvalue weighted by Gasteiger charge is 2.26. The number of thioether (sulfide) groups is 1. The predicted molar refractivity (Wildman–Crippen MR) is 72.6 cm³/mol. The van der Waals surface area contributed by atoms with Crippen molar-refractivity contribution in [3.05, 3.63) is 0 Å². The molecule has 0 aromatic carbocycles. The molecule has 6 nitrogen and oxygen atoms in total. The zero-order valence-corrected chi connectivity index (χ0v) is 11.5. The fourth-order valence-electron chi connectivity index (χ4n) is 1.93. The van der Waals surface area contributed by atoms with Crippen molar-refractivity contribution >= 4 is 23.6 Å². The van der Waals surface area contributed by atoms with Gasteiger partial charge in [-0.1, -0.05) is 0 Å². The Balaban J connectivity index is 2.25. The van der Waals surface area contributed by atoms with Crippen molar-refractivity contribution in [3.63, 3.8) is 0 Å². The Hall–Kier alpha value is -0.790. The number of hydrogen-bond acceptors (Lipinski definition) is 5. The molecular weight excluding hydrogens is 252 g/mol. The molecule has 0 aliphatic carbocycles. The molecule has 104 valence electrons. The highest BCUT2D eigenvalue weighted by Crippen LogP contribution is 2.18. The van der Waals surface area contributed by atoms with E-state index in [0.29, 0.717) is 31.7 Å². The van der Waals surface area contributed by atoms with Gasteiger partial charge in [-0.15, -0.1) is 0 Å². The van der Waals surface area contributed by atoms with E-state index in [2.05, 4.69) is 5.43 Å². The Morgan fingerprint density at radius 2 is 2.06 bits per heavy atom. The molecule has 0 radical (unpaired) electrons. The van der Waals surface area contributed by atoms with Crippen LogP contribution in [0.2, 0.25) is 0 Å². The first-order valence-corrected chi connectivity index (χ1v) is 7.31. The van der Waals surface area contributed by atoms with Gasteiger partial charge in [-0.05, 0) is 19.8 Å². The molecular formula is C11H22N4O2S. The number of likely N-dealkylation sites (tertiary alicyclic amines) is 1. The molecule has 1 fully saturated rings. The zero-order chi connectivity index (χ0) is 13.5. The third-order valence-corrected chi connectivity index (χ3v) is 4.18. The van der Waals surface area contributed by atoms with Crippen molar-refractivity contribution in [1.29, 1.82) is 0 Å². The number of hydrogen-bond donors (Lipinski definition) is 3. The van der Waals surface area contributed by atoms with Crippen LogP contribution in [0.5, 0.6) is 0 Å². The van der Waals surface area contributed by atoms with Crippen molar-refractivity contribution in [2.45, 2.75) is 25.8 Å². The van der Waals surface area contributed by atoms with Gasteiger partial charge in [0.15, 0.2) is 0 Å². The highest BCUT2D eigenvalue weighted by molar-refractivity contribution is 7.99. The lowest BCUT2D eigenvalue weighted by Crippen LogP contribution is -2.45. The molecule has 0 bridgehead atoms. The number of nitrogens with one attached hydrogen (secondary N) is 1. The largest absolute Gasteiger partial charge is 0.342 e. The van der Waals surface area contributed by atoms with Crippen molar-refractivity contribution in [1.82, 2.24) is 10.3 Å². The van der Waals surface area contributed by atoms with Crippen molar-refractivity contribution in [3.8, 4) is 0 Å². The Morgan fingerprint density at radius 1 is 1.44 bits per heavy atom. The minimum absolute atomic E-state index is 0.0595. The molecule has 1 aliphatic rings. The van der Waals surface area contributed by atoms with E-state index in [1.165, 1.54) is 0 Å². The normalized spacial score (nSPS) is 18.5. The van der Waals surface area contributed by atoms with Gasteiger partial charge in [-0.3, -0.25) is 15.0 Å². The number of piperidine rings is 1. The Bertz CT molecular complexity index is 291. The van der Waals surface area contributed by atoms with Gasteiger partial charge in [-0.2, -0.15) is 11.8 Å². The molecule has 5 N–H and O–H groups in total. The lowest BCUT2D eigenvalue weighted by Gasteiger charge is -2.31. The molecule has 7 heteroatoms. The van der Waals surface area contributed by atoms with Gasteiger partial charge in [0.2, 0.25) is 11.8 Å². The summed E-state index contributed by atoms with van der Waals surface area (Å²) in [5, 5.41) is 0. The summed E-state index contributed by atoms with van der Waals surface area (Å²) in [4.78, 5) is 25.0. The number of amides is 2. The Morgan fingerprint density at radius 3 is 2.56 bits per heavy atom. The zero-order valence-electron chi connectivity index (χ0n) is 10.7. The third-order valence-electron chi connectivity index (χ3n) is 2.97. The summed E-state index contributed by atoms with van der Waals surface area (Å²) in [6.45, 7) is 3.19. The van der Waals surface area contributed by atoms with Crippen LogP contribution >= 0.6 is 11.8 Å². The van der Waals surface area contributed by atoms with Crippen LogP contribution in [0.3, 0.4) is 0 Å². The van der Waals surface area contributed by atoms with Crippen LogP contribution in [0.25, 0.3) is 0 Å². The van der Waals surface area contributed by atoms with Crippen LogP contribution in [0.1, 0.15) is 19.8 Å². The highest BCUT2D eigenvalue weighted by atomic mass is 32.2. The number of hydrazine groups is 1. The maximum absolute atomic E-state index is 11.9. The van der Waals surface area contributed by atoms with Gasteiger partial charge in [-0.25, -0.2) is 5.84 Å². The summed E-state index contributed by atoms with van der Waals surface area (Å²) in [5.74, 6) is 6.29. The third kappa shape index (κ3) is 4.83. The van der Waals surface area contributed by atoms with E-state index in [1.807, 2.05) is 11.8 Å². The van der Waals surface area contributed by atoms with E-state index in [1.54, 1.807) is 11.8 Å². The minimum atomic E-state index is -0.131. The maximum atomic E-state index is 11.9. The standard InChI is InChI=1S/C11H22N4O2S/c1-8(12)6-18-7-10(16)15-4-2-9(3-5-15)11(17)14-13/h8-9H,2-7,12-13H2,1H3,(H,14,17). The Labute approximate surface area is 112 Å². The van der Waals surface area contributed by atoms with E-state index in [9.17, 15) is 9.59 Å². The van der Waals surface area contributed by atoms with Crippen LogP contribution in [0, 0.1) is 5.92 Å². The van der Waals surface area contributed by atoms with E-state index in [-0.39, 0.29) is 23.8 Å². The van der Waals surface area contributed by atoms with Crippen LogP contribution < -0.4 is 17.0 Å². The molecule has 1 atom stereocenters. The second-order valence-electron chi connectivity index (χ2n) is 4.66. The van der Waals surface area contributed by atoms with Crippen LogP contribution in [0.15, 0.2) is 0 Å². The number of carbonyl (C=O) groups is 2. The molecule has 1 unspecified atom stereocenters. The summed E-state index contributed by atoms with van der Waals surface area (Å²) in [6, 6.07) is 0.113. The van der Waals surface area contributed by atoms with Crippen molar-refractivity contribution < 1.29 is 9.59 Å². The van der Waals surface area contributed by atoms with Crippen LogP contribution in [-0.2, 0) is 9.59 Å². The van der Waals surface area contributed by atoms with Crippen molar-refractivity contribution in [2.24, 2.45) is 17.5 Å². The maximum Gasteiger partial charge on any atom is 0.237 e. The van der Waals surface area contributed by atoms with Gasteiger partial charge < -0.3 is 10.6 Å². The van der Waals surface area contributed by atoms with E-state index >= 15 is 0 Å². The van der Waals surface area contributed by atoms with Gasteiger partial charge >= 0.3 is 0 Å². The molecule has 1 heterocycles. The lowest BCUT2D eigenvalue weighted by atomic mass is 9.96. The molecule has 0 aromatic rings.